The van der Waals surface area contributed by atoms with Gasteiger partial charge >= 0.3 is 5.97 Å². The Morgan fingerprint density at radius 2 is 2.14 bits per heavy atom. The normalized spacial score (nSPS) is 12.6. The number of hydrogen-bond acceptors (Lipinski definition) is 2. The Hall–Kier alpha value is -0.140. The topological polar surface area (TPSA) is 57.5 Å². The molecule has 0 heterocycles. The van der Waals surface area contributed by atoms with Crippen molar-refractivity contribution in [1.82, 2.24) is 0 Å². The molecule has 0 aromatic heterocycles. The summed E-state index contributed by atoms with van der Waals surface area (Å²) in [5.74, 6) is -1.23. The van der Waals surface area contributed by atoms with Gasteiger partial charge in [-0.05, 0) is 57.1 Å². The molecule has 0 saturated heterocycles. The minimum Gasteiger partial charge on any atom is -0.479 e. The minimum absolute atomic E-state index is 0.451. The molecule has 2 N–H and O–H groups in total. The van der Waals surface area contributed by atoms with Gasteiger partial charge in [0.2, 0.25) is 0 Å². The first-order valence-corrected chi connectivity index (χ1v) is 5.67. The minimum atomic E-state index is -1.46. The van der Waals surface area contributed by atoms with E-state index in [0.717, 1.165) is 13.6 Å². The zero-order valence-electron chi connectivity index (χ0n) is 7.29. The lowest BCUT2D eigenvalue weighted by atomic mass is 10.0. The van der Waals surface area contributed by atoms with Gasteiger partial charge in [0, 0.05) is 13.6 Å². The number of aryl methyl sites for hydroxylation is 1. The van der Waals surface area contributed by atoms with Gasteiger partial charge in [-0.1, -0.05) is 6.07 Å². The number of aliphatic hydroxyl groups is 1. The molecule has 1 atom stereocenters. The maximum Gasteiger partial charge on any atom is 0.337 e. The first kappa shape index (κ1) is 11.9. The fourth-order valence-electron chi connectivity index (χ4n) is 1.12. The molecule has 0 aliphatic heterocycles. The molecule has 0 aliphatic carbocycles. The number of halogens is 2. The van der Waals surface area contributed by atoms with Gasteiger partial charge in [0.1, 0.15) is 0 Å². The second kappa shape index (κ2) is 4.59. The number of aliphatic carboxylic acids is 1. The summed E-state index contributed by atoms with van der Waals surface area (Å²) in [5.41, 5.74) is 1.22. The van der Waals surface area contributed by atoms with Crippen LogP contribution in [-0.2, 0) is 4.79 Å². The van der Waals surface area contributed by atoms with Gasteiger partial charge in [-0.25, -0.2) is 4.79 Å². The highest BCUT2D eigenvalue weighted by molar-refractivity contribution is 14.1. The zero-order valence-corrected chi connectivity index (χ0v) is 11.0. The van der Waals surface area contributed by atoms with Crippen molar-refractivity contribution in [1.29, 1.82) is 0 Å². The molecule has 76 valence electrons. The summed E-state index contributed by atoms with van der Waals surface area (Å²) in [6, 6.07) is 3.60. The Kier molecular flexibility index (Phi) is 3.91. The van der Waals surface area contributed by atoms with Gasteiger partial charge in [0.25, 0.3) is 0 Å². The largest absolute Gasteiger partial charge is 0.479 e. The standard InChI is InChI=1S/C9H8BrIO3/c1-4-2-3-5(10)7(11)6(4)8(12)9(13)14/h2-3,8,12H,1H3,(H,13,14). The van der Waals surface area contributed by atoms with E-state index in [1.165, 1.54) is 0 Å². The van der Waals surface area contributed by atoms with Gasteiger partial charge in [0.15, 0.2) is 6.10 Å². The Bertz CT molecular complexity index is 379. The Morgan fingerprint density at radius 3 is 2.64 bits per heavy atom. The number of carboxylic acid groups (broad SMARTS) is 1. The summed E-state index contributed by atoms with van der Waals surface area (Å²) in [6.07, 6.45) is -1.46. The molecule has 0 bridgehead atoms. The highest BCUT2D eigenvalue weighted by atomic mass is 127. The van der Waals surface area contributed by atoms with Crippen LogP contribution in [0.15, 0.2) is 16.6 Å². The molecule has 1 aromatic rings. The third kappa shape index (κ3) is 2.26. The smallest absolute Gasteiger partial charge is 0.337 e. The van der Waals surface area contributed by atoms with E-state index in [1.54, 1.807) is 13.0 Å². The molecule has 0 amide bonds. The molecule has 0 saturated carbocycles. The number of carbonyl (C=O) groups is 1. The van der Waals surface area contributed by atoms with Crippen LogP contribution in [0, 0.1) is 10.5 Å². The van der Waals surface area contributed by atoms with Crippen LogP contribution in [0.2, 0.25) is 0 Å². The number of aliphatic hydroxyl groups excluding tert-OH is 1. The molecule has 3 nitrogen and oxygen atoms in total. The Labute approximate surface area is 103 Å². The maximum atomic E-state index is 10.6. The highest BCUT2D eigenvalue weighted by Crippen LogP contribution is 2.30. The lowest BCUT2D eigenvalue weighted by Crippen LogP contribution is -2.13. The van der Waals surface area contributed by atoms with Crippen molar-refractivity contribution in [3.8, 4) is 0 Å². The van der Waals surface area contributed by atoms with Crippen molar-refractivity contribution in [2.75, 3.05) is 0 Å². The highest BCUT2D eigenvalue weighted by Gasteiger charge is 2.21. The summed E-state index contributed by atoms with van der Waals surface area (Å²) >= 11 is 5.29. The molecule has 14 heavy (non-hydrogen) atoms. The number of hydrogen-bond donors (Lipinski definition) is 2. The molecule has 5 heteroatoms. The van der Waals surface area contributed by atoms with Crippen molar-refractivity contribution in [3.63, 3.8) is 0 Å². The quantitative estimate of drug-likeness (QED) is 0.786. The van der Waals surface area contributed by atoms with E-state index in [9.17, 15) is 9.90 Å². The van der Waals surface area contributed by atoms with Crippen molar-refractivity contribution >= 4 is 44.5 Å². The summed E-state index contributed by atoms with van der Waals surface area (Å²) in [6.45, 7) is 1.77. The van der Waals surface area contributed by atoms with Crippen LogP contribution in [0.5, 0.6) is 0 Å². The fourth-order valence-corrected chi connectivity index (χ4v) is 2.37. The predicted octanol–water partition coefficient (Wildman–Crippen LogP) is 2.48. The van der Waals surface area contributed by atoms with E-state index in [4.69, 9.17) is 5.11 Å². The summed E-state index contributed by atoms with van der Waals surface area (Å²) in [4.78, 5) is 10.6. The van der Waals surface area contributed by atoms with Crippen LogP contribution in [0.3, 0.4) is 0 Å². The van der Waals surface area contributed by atoms with Gasteiger partial charge in [-0.15, -0.1) is 0 Å². The molecular formula is C9H8BrIO3. The number of carboxylic acids is 1. The van der Waals surface area contributed by atoms with Crippen LogP contribution < -0.4 is 0 Å². The van der Waals surface area contributed by atoms with Gasteiger partial charge in [0.05, 0.1) is 0 Å². The third-order valence-electron chi connectivity index (χ3n) is 1.86. The van der Waals surface area contributed by atoms with Crippen LogP contribution >= 0.6 is 38.5 Å². The van der Waals surface area contributed by atoms with Gasteiger partial charge in [-0.3, -0.25) is 0 Å². The lowest BCUT2D eigenvalue weighted by molar-refractivity contribution is -0.147. The molecule has 0 fully saturated rings. The van der Waals surface area contributed by atoms with E-state index in [2.05, 4.69) is 15.9 Å². The third-order valence-corrected chi connectivity index (χ3v) is 4.42. The average molecular weight is 371 g/mol. The molecule has 1 rings (SSSR count). The second-order valence-corrected chi connectivity index (χ2v) is 4.77. The second-order valence-electron chi connectivity index (χ2n) is 2.83. The van der Waals surface area contributed by atoms with E-state index in [0.29, 0.717) is 5.56 Å². The average Bonchev–Trinajstić information content (AvgIpc) is 2.12. The Morgan fingerprint density at radius 1 is 1.57 bits per heavy atom. The summed E-state index contributed by atoms with van der Waals surface area (Å²) < 4.78 is 1.52. The van der Waals surface area contributed by atoms with Crippen molar-refractivity contribution in [2.24, 2.45) is 0 Å². The van der Waals surface area contributed by atoms with Crippen LogP contribution in [0.1, 0.15) is 17.2 Å². The first-order chi connectivity index (χ1) is 6.45. The molecule has 0 spiro atoms. The summed E-state index contributed by atoms with van der Waals surface area (Å²) in [5, 5.41) is 18.2. The van der Waals surface area contributed by atoms with Crippen molar-refractivity contribution < 1.29 is 15.0 Å². The fraction of sp³-hybridized carbons (Fsp3) is 0.222. The SMILES string of the molecule is Cc1ccc(Br)c(I)c1C(O)C(=O)O. The summed E-state index contributed by atoms with van der Waals surface area (Å²) in [7, 11) is 0. The predicted molar refractivity (Wildman–Crippen MR) is 64.2 cm³/mol. The maximum absolute atomic E-state index is 10.6. The van der Waals surface area contributed by atoms with E-state index >= 15 is 0 Å². The van der Waals surface area contributed by atoms with Crippen molar-refractivity contribution in [3.05, 3.63) is 31.3 Å². The molecule has 1 unspecified atom stereocenters. The van der Waals surface area contributed by atoms with Gasteiger partial charge in [-0.2, -0.15) is 0 Å². The molecule has 0 aliphatic rings. The Balaban J connectivity index is 3.32. The molecule has 1 aromatic carbocycles. The van der Waals surface area contributed by atoms with Crippen molar-refractivity contribution in [2.45, 2.75) is 13.0 Å². The van der Waals surface area contributed by atoms with Crippen LogP contribution in [0.25, 0.3) is 0 Å². The lowest BCUT2D eigenvalue weighted by Gasteiger charge is -2.12. The van der Waals surface area contributed by atoms with E-state index in [-0.39, 0.29) is 0 Å². The number of rotatable bonds is 2. The molecular weight excluding hydrogens is 363 g/mol. The first-order valence-electron chi connectivity index (χ1n) is 3.80. The van der Waals surface area contributed by atoms with Gasteiger partial charge < -0.3 is 10.2 Å². The monoisotopic (exact) mass is 370 g/mol. The molecule has 0 radical (unpaired) electrons. The zero-order chi connectivity index (χ0) is 10.9. The van der Waals surface area contributed by atoms with Crippen LogP contribution in [-0.4, -0.2) is 16.2 Å². The number of benzene rings is 1. The van der Waals surface area contributed by atoms with E-state index < -0.39 is 12.1 Å². The van der Waals surface area contributed by atoms with Crippen LogP contribution in [0.4, 0.5) is 0 Å². The van der Waals surface area contributed by atoms with E-state index in [1.807, 2.05) is 28.7 Å².